The summed E-state index contributed by atoms with van der Waals surface area (Å²) in [6.07, 6.45) is 3.87. The van der Waals surface area contributed by atoms with Crippen molar-refractivity contribution >= 4 is 23.8 Å². The standard InChI is InChI=1S/C26H23ClN2O/c1-18-13-22(26(27)14-23(18)17-29-16-19(2)30)12-11-21-9-6-10-24(25(21)15-28)20-7-4-3-5-8-20/h3-14,29-30H,2,16-17H2,1H3/b12-11+. The summed E-state index contributed by atoms with van der Waals surface area (Å²) < 4.78 is 0. The average Bonchev–Trinajstić information content (AvgIpc) is 2.75. The topological polar surface area (TPSA) is 56.0 Å². The molecule has 0 saturated carbocycles. The Hall–Kier alpha value is -3.32. The van der Waals surface area contributed by atoms with E-state index in [0.717, 1.165) is 33.4 Å². The van der Waals surface area contributed by atoms with Crippen molar-refractivity contribution in [3.8, 4) is 17.2 Å². The number of aliphatic hydroxyl groups excluding tert-OH is 1. The first-order valence-corrected chi connectivity index (χ1v) is 10.0. The molecular weight excluding hydrogens is 392 g/mol. The van der Waals surface area contributed by atoms with E-state index >= 15 is 0 Å². The molecule has 0 bridgehead atoms. The maximum atomic E-state index is 9.77. The number of benzene rings is 3. The van der Waals surface area contributed by atoms with E-state index in [2.05, 4.69) is 18.0 Å². The maximum Gasteiger partial charge on any atom is 0.100 e. The SMILES string of the molecule is C=C(O)CNCc1cc(Cl)c(/C=C/c2cccc(-c3ccccc3)c2C#N)cc1C. The average molecular weight is 415 g/mol. The van der Waals surface area contributed by atoms with Crippen molar-refractivity contribution in [1.29, 1.82) is 5.26 Å². The number of rotatable bonds is 7. The number of nitriles is 1. The Morgan fingerprint density at radius 1 is 1.10 bits per heavy atom. The van der Waals surface area contributed by atoms with Gasteiger partial charge in [0.25, 0.3) is 0 Å². The Bertz CT molecular complexity index is 1130. The van der Waals surface area contributed by atoms with Crippen LogP contribution in [0.1, 0.15) is 27.8 Å². The van der Waals surface area contributed by atoms with Gasteiger partial charge in [-0.05, 0) is 40.8 Å². The molecule has 2 N–H and O–H groups in total. The Morgan fingerprint density at radius 2 is 1.83 bits per heavy atom. The second-order valence-corrected chi connectivity index (χ2v) is 7.46. The summed E-state index contributed by atoms with van der Waals surface area (Å²) in [6.45, 7) is 6.42. The Balaban J connectivity index is 1.88. The molecule has 0 aliphatic carbocycles. The van der Waals surface area contributed by atoms with Gasteiger partial charge in [-0.15, -0.1) is 0 Å². The van der Waals surface area contributed by atoms with E-state index in [1.165, 1.54) is 0 Å². The van der Waals surface area contributed by atoms with E-state index < -0.39 is 0 Å². The van der Waals surface area contributed by atoms with E-state index in [0.29, 0.717) is 23.7 Å². The number of aliphatic hydroxyl groups is 1. The van der Waals surface area contributed by atoms with E-state index in [-0.39, 0.29) is 5.76 Å². The Kier molecular flexibility index (Phi) is 7.08. The second-order valence-electron chi connectivity index (χ2n) is 7.05. The fourth-order valence-corrected chi connectivity index (χ4v) is 3.53. The molecule has 0 aliphatic rings. The molecule has 4 heteroatoms. The fraction of sp³-hybridized carbons (Fsp3) is 0.115. The van der Waals surface area contributed by atoms with Crippen molar-refractivity contribution in [3.05, 3.63) is 106 Å². The molecule has 0 atom stereocenters. The van der Waals surface area contributed by atoms with Gasteiger partial charge in [0.1, 0.15) is 6.07 Å². The molecule has 0 spiro atoms. The highest BCUT2D eigenvalue weighted by molar-refractivity contribution is 6.32. The van der Waals surface area contributed by atoms with E-state index in [1.54, 1.807) is 0 Å². The largest absolute Gasteiger partial charge is 0.512 e. The van der Waals surface area contributed by atoms with Crippen molar-refractivity contribution in [1.82, 2.24) is 5.32 Å². The summed E-state index contributed by atoms with van der Waals surface area (Å²) in [4.78, 5) is 0. The fourth-order valence-electron chi connectivity index (χ4n) is 3.28. The summed E-state index contributed by atoms with van der Waals surface area (Å²) >= 11 is 6.50. The molecule has 0 heterocycles. The minimum atomic E-state index is 0.101. The third-order valence-electron chi connectivity index (χ3n) is 4.84. The van der Waals surface area contributed by atoms with Gasteiger partial charge >= 0.3 is 0 Å². The summed E-state index contributed by atoms with van der Waals surface area (Å²) in [5.74, 6) is 0.101. The number of nitrogens with zero attached hydrogens (tertiary/aromatic N) is 1. The molecule has 0 radical (unpaired) electrons. The molecule has 3 aromatic rings. The van der Waals surface area contributed by atoms with Crippen LogP contribution in [-0.4, -0.2) is 11.7 Å². The molecule has 30 heavy (non-hydrogen) atoms. The molecule has 0 aliphatic heterocycles. The van der Waals surface area contributed by atoms with Crippen LogP contribution < -0.4 is 5.32 Å². The Morgan fingerprint density at radius 3 is 2.53 bits per heavy atom. The lowest BCUT2D eigenvalue weighted by Crippen LogP contribution is -2.16. The van der Waals surface area contributed by atoms with Crippen LogP contribution in [0.25, 0.3) is 23.3 Å². The van der Waals surface area contributed by atoms with Gasteiger partial charge < -0.3 is 10.4 Å². The monoisotopic (exact) mass is 414 g/mol. The van der Waals surface area contributed by atoms with Crippen LogP contribution in [0.4, 0.5) is 0 Å². The van der Waals surface area contributed by atoms with Crippen molar-refractivity contribution in [2.75, 3.05) is 6.54 Å². The normalized spacial score (nSPS) is 10.8. The lowest BCUT2D eigenvalue weighted by molar-refractivity contribution is 0.391. The van der Waals surface area contributed by atoms with Crippen LogP contribution in [0.5, 0.6) is 0 Å². The molecule has 150 valence electrons. The van der Waals surface area contributed by atoms with E-state index in [1.807, 2.05) is 79.7 Å². The number of halogens is 1. The van der Waals surface area contributed by atoms with Crippen LogP contribution in [0.15, 0.2) is 73.0 Å². The minimum absolute atomic E-state index is 0.101. The summed E-state index contributed by atoms with van der Waals surface area (Å²) in [6, 6.07) is 22.1. The highest BCUT2D eigenvalue weighted by atomic mass is 35.5. The van der Waals surface area contributed by atoms with Gasteiger partial charge in [0, 0.05) is 17.1 Å². The van der Waals surface area contributed by atoms with Crippen molar-refractivity contribution in [2.45, 2.75) is 13.5 Å². The molecule has 3 rings (SSSR count). The van der Waals surface area contributed by atoms with Gasteiger partial charge in [-0.1, -0.05) is 84.9 Å². The molecule has 0 unspecified atom stereocenters. The number of nitrogens with one attached hydrogen (secondary N) is 1. The maximum absolute atomic E-state index is 9.77. The van der Waals surface area contributed by atoms with Crippen LogP contribution in [0.2, 0.25) is 5.02 Å². The number of hydrogen-bond acceptors (Lipinski definition) is 3. The van der Waals surface area contributed by atoms with E-state index in [9.17, 15) is 10.4 Å². The predicted molar refractivity (Wildman–Crippen MR) is 125 cm³/mol. The second kappa shape index (κ2) is 9.93. The van der Waals surface area contributed by atoms with Crippen LogP contribution in [0.3, 0.4) is 0 Å². The zero-order valence-electron chi connectivity index (χ0n) is 16.8. The first kappa shape index (κ1) is 21.4. The minimum Gasteiger partial charge on any atom is -0.512 e. The molecule has 0 fully saturated rings. The van der Waals surface area contributed by atoms with Crippen molar-refractivity contribution in [2.24, 2.45) is 0 Å². The third-order valence-corrected chi connectivity index (χ3v) is 5.16. The highest BCUT2D eigenvalue weighted by Crippen LogP contribution is 2.28. The summed E-state index contributed by atoms with van der Waals surface area (Å²) in [5.41, 5.74) is 6.45. The molecule has 3 aromatic carbocycles. The molecule has 0 saturated heterocycles. The van der Waals surface area contributed by atoms with Gasteiger partial charge in [-0.3, -0.25) is 0 Å². The quantitative estimate of drug-likeness (QED) is 0.342. The number of hydrogen-bond donors (Lipinski definition) is 2. The number of aryl methyl sites for hydroxylation is 1. The zero-order valence-corrected chi connectivity index (χ0v) is 17.6. The van der Waals surface area contributed by atoms with Gasteiger partial charge in [0.2, 0.25) is 0 Å². The first-order chi connectivity index (χ1) is 14.5. The first-order valence-electron chi connectivity index (χ1n) is 9.62. The van der Waals surface area contributed by atoms with E-state index in [4.69, 9.17) is 11.6 Å². The predicted octanol–water partition coefficient (Wildman–Crippen LogP) is 6.52. The van der Waals surface area contributed by atoms with Crippen LogP contribution in [0, 0.1) is 18.3 Å². The molecule has 0 amide bonds. The van der Waals surface area contributed by atoms with Gasteiger partial charge in [-0.2, -0.15) is 5.26 Å². The third kappa shape index (κ3) is 5.18. The lowest BCUT2D eigenvalue weighted by atomic mass is 9.95. The van der Waals surface area contributed by atoms with Crippen LogP contribution >= 0.6 is 11.6 Å². The molecule has 0 aromatic heterocycles. The van der Waals surface area contributed by atoms with Gasteiger partial charge in [0.05, 0.1) is 17.9 Å². The summed E-state index contributed by atoms with van der Waals surface area (Å²) in [7, 11) is 0. The Labute approximate surface area is 182 Å². The van der Waals surface area contributed by atoms with Crippen molar-refractivity contribution in [3.63, 3.8) is 0 Å². The van der Waals surface area contributed by atoms with Gasteiger partial charge in [0.15, 0.2) is 0 Å². The smallest absolute Gasteiger partial charge is 0.100 e. The lowest BCUT2D eigenvalue weighted by Gasteiger charge is -2.10. The molecule has 3 nitrogen and oxygen atoms in total. The van der Waals surface area contributed by atoms with Crippen molar-refractivity contribution < 1.29 is 5.11 Å². The highest BCUT2D eigenvalue weighted by Gasteiger charge is 2.09. The van der Waals surface area contributed by atoms with Gasteiger partial charge in [-0.25, -0.2) is 0 Å². The molecular formula is C26H23ClN2O. The zero-order chi connectivity index (χ0) is 21.5. The summed E-state index contributed by atoms with van der Waals surface area (Å²) in [5, 5.41) is 22.7. The van der Waals surface area contributed by atoms with Crippen LogP contribution in [-0.2, 0) is 6.54 Å².